The van der Waals surface area contributed by atoms with Gasteiger partial charge in [0.1, 0.15) is 23.4 Å². The average Bonchev–Trinajstić information content (AvgIpc) is 3.13. The molecule has 0 N–H and O–H groups in total. The lowest BCUT2D eigenvalue weighted by atomic mass is 9.60. The standard InChI is InChI=1S/C45H46O4/c1-7-28(3)48-39-25-26-40(44-42-37-15-11-9-13-35(37)41(43(39)44)36-14-10-12-16-38(36)42)49-33-23-21-32(22-24-33)45(5,6)31-19-17-30(18-20-31)34(8-2)29(4)47-27-46/h9-29,34,41-42H,7-8H2,1-6H3. The van der Waals surface area contributed by atoms with Crippen molar-refractivity contribution in [1.29, 1.82) is 0 Å². The number of benzene rings is 5. The maximum absolute atomic E-state index is 10.9. The molecule has 0 saturated heterocycles. The zero-order chi connectivity index (χ0) is 34.3. The van der Waals surface area contributed by atoms with Crippen molar-refractivity contribution in [3.63, 3.8) is 0 Å². The quantitative estimate of drug-likeness (QED) is 0.123. The van der Waals surface area contributed by atoms with Gasteiger partial charge in [-0.1, -0.05) is 113 Å². The Balaban J connectivity index is 1.21. The summed E-state index contributed by atoms with van der Waals surface area (Å²) in [6.45, 7) is 13.5. The van der Waals surface area contributed by atoms with Crippen molar-refractivity contribution < 1.29 is 19.0 Å². The minimum Gasteiger partial charge on any atom is -0.490 e. The van der Waals surface area contributed by atoms with Crippen LogP contribution < -0.4 is 9.47 Å². The smallest absolute Gasteiger partial charge is 0.293 e. The predicted octanol–water partition coefficient (Wildman–Crippen LogP) is 11.0. The molecule has 8 rings (SSSR count). The van der Waals surface area contributed by atoms with Crippen LogP contribution >= 0.6 is 0 Å². The molecule has 3 atom stereocenters. The highest BCUT2D eigenvalue weighted by Crippen LogP contribution is 2.60. The summed E-state index contributed by atoms with van der Waals surface area (Å²) in [5.41, 5.74) is 11.3. The van der Waals surface area contributed by atoms with E-state index in [1.807, 2.05) is 6.92 Å². The summed E-state index contributed by atoms with van der Waals surface area (Å²) in [5, 5.41) is 0. The van der Waals surface area contributed by atoms with Crippen LogP contribution in [-0.4, -0.2) is 18.7 Å². The summed E-state index contributed by atoms with van der Waals surface area (Å²) in [6.07, 6.45) is 1.79. The van der Waals surface area contributed by atoms with Gasteiger partial charge < -0.3 is 14.2 Å². The van der Waals surface area contributed by atoms with E-state index in [0.717, 1.165) is 30.1 Å². The summed E-state index contributed by atoms with van der Waals surface area (Å²) in [4.78, 5) is 10.9. The lowest BCUT2D eigenvalue weighted by Gasteiger charge is -2.43. The van der Waals surface area contributed by atoms with Crippen LogP contribution in [0.15, 0.2) is 109 Å². The number of carbonyl (C=O) groups excluding carboxylic acids is 1. The molecule has 0 spiro atoms. The van der Waals surface area contributed by atoms with Crippen molar-refractivity contribution in [1.82, 2.24) is 0 Å². The Morgan fingerprint density at radius 1 is 0.653 bits per heavy atom. The van der Waals surface area contributed by atoms with Gasteiger partial charge in [-0.3, -0.25) is 4.79 Å². The third kappa shape index (κ3) is 5.71. The van der Waals surface area contributed by atoms with E-state index in [-0.39, 0.29) is 35.4 Å². The van der Waals surface area contributed by atoms with Crippen LogP contribution in [-0.2, 0) is 14.9 Å². The molecule has 5 aromatic carbocycles. The minimum absolute atomic E-state index is 0.0735. The van der Waals surface area contributed by atoms with Crippen LogP contribution in [0.2, 0.25) is 0 Å². The molecule has 0 fully saturated rings. The Morgan fingerprint density at radius 2 is 1.14 bits per heavy atom. The Kier molecular flexibility index (Phi) is 8.83. The van der Waals surface area contributed by atoms with Crippen LogP contribution in [0.3, 0.4) is 0 Å². The number of rotatable bonds is 12. The van der Waals surface area contributed by atoms with Gasteiger partial charge in [-0.05, 0) is 89.9 Å². The first kappa shape index (κ1) is 32.7. The van der Waals surface area contributed by atoms with E-state index in [9.17, 15) is 4.79 Å². The second-order valence-corrected chi connectivity index (χ2v) is 14.2. The molecular formula is C45H46O4. The number of carbonyl (C=O) groups is 1. The third-order valence-electron chi connectivity index (χ3n) is 11.1. The van der Waals surface area contributed by atoms with Crippen LogP contribution in [0, 0.1) is 0 Å². The van der Waals surface area contributed by atoms with Crippen LogP contribution in [0.4, 0.5) is 0 Å². The normalized spacial score (nSPS) is 17.6. The maximum atomic E-state index is 10.9. The van der Waals surface area contributed by atoms with Crippen LogP contribution in [0.5, 0.6) is 17.2 Å². The van der Waals surface area contributed by atoms with Gasteiger partial charge in [0.05, 0.1) is 6.10 Å². The first-order valence-electron chi connectivity index (χ1n) is 17.8. The maximum Gasteiger partial charge on any atom is 0.293 e. The summed E-state index contributed by atoms with van der Waals surface area (Å²) in [7, 11) is 0. The van der Waals surface area contributed by atoms with E-state index < -0.39 is 0 Å². The van der Waals surface area contributed by atoms with Gasteiger partial charge in [0.25, 0.3) is 6.47 Å². The van der Waals surface area contributed by atoms with E-state index in [4.69, 9.17) is 14.2 Å². The first-order chi connectivity index (χ1) is 23.8. The van der Waals surface area contributed by atoms with Crippen molar-refractivity contribution in [2.24, 2.45) is 0 Å². The Bertz CT molecular complexity index is 1910. The van der Waals surface area contributed by atoms with Gasteiger partial charge in [0.2, 0.25) is 0 Å². The molecule has 4 nitrogen and oxygen atoms in total. The highest BCUT2D eigenvalue weighted by atomic mass is 16.5. The molecule has 3 aliphatic carbocycles. The molecular weight excluding hydrogens is 604 g/mol. The van der Waals surface area contributed by atoms with E-state index in [1.165, 1.54) is 50.1 Å². The average molecular weight is 651 g/mol. The SMILES string of the molecule is CCC(C)Oc1ccc(Oc2ccc(C(C)(C)c3ccc(C(CC)C(C)OC=O)cc3)cc2)c2c1C1c3ccccc3C2c2ccccc21. The minimum atomic E-state index is -0.218. The number of hydrogen-bond acceptors (Lipinski definition) is 4. The van der Waals surface area contributed by atoms with E-state index in [0.29, 0.717) is 6.47 Å². The molecule has 3 aliphatic rings. The molecule has 0 heterocycles. The van der Waals surface area contributed by atoms with Gasteiger partial charge in [-0.2, -0.15) is 0 Å². The summed E-state index contributed by atoms with van der Waals surface area (Å²) >= 11 is 0. The summed E-state index contributed by atoms with van der Waals surface area (Å²) in [5.74, 6) is 2.98. The Labute approximate surface area is 291 Å². The topological polar surface area (TPSA) is 44.8 Å². The van der Waals surface area contributed by atoms with Crippen LogP contribution in [0.1, 0.15) is 122 Å². The van der Waals surface area contributed by atoms with Crippen molar-refractivity contribution in [2.45, 2.75) is 89.8 Å². The zero-order valence-corrected chi connectivity index (χ0v) is 29.4. The van der Waals surface area contributed by atoms with Crippen molar-refractivity contribution >= 4 is 6.47 Å². The molecule has 0 amide bonds. The van der Waals surface area contributed by atoms with Crippen LogP contribution in [0.25, 0.3) is 0 Å². The number of ether oxygens (including phenoxy) is 3. The predicted molar refractivity (Wildman–Crippen MR) is 196 cm³/mol. The molecule has 0 aliphatic heterocycles. The number of hydrogen-bond donors (Lipinski definition) is 0. The molecule has 0 aromatic heterocycles. The lowest BCUT2D eigenvalue weighted by Crippen LogP contribution is -2.29. The molecule has 4 heteroatoms. The lowest BCUT2D eigenvalue weighted by molar-refractivity contribution is -0.133. The molecule has 5 aromatic rings. The fourth-order valence-electron chi connectivity index (χ4n) is 8.12. The third-order valence-corrected chi connectivity index (χ3v) is 11.1. The van der Waals surface area contributed by atoms with E-state index in [1.54, 1.807) is 0 Å². The fraction of sp³-hybridized carbons (Fsp3) is 0.311. The molecule has 49 heavy (non-hydrogen) atoms. The second kappa shape index (κ2) is 13.2. The van der Waals surface area contributed by atoms with Gasteiger partial charge in [0.15, 0.2) is 0 Å². The van der Waals surface area contributed by atoms with Gasteiger partial charge >= 0.3 is 0 Å². The Morgan fingerprint density at radius 3 is 1.63 bits per heavy atom. The monoisotopic (exact) mass is 650 g/mol. The molecule has 250 valence electrons. The zero-order valence-electron chi connectivity index (χ0n) is 29.4. The van der Waals surface area contributed by atoms with Gasteiger partial charge in [-0.15, -0.1) is 0 Å². The van der Waals surface area contributed by atoms with Gasteiger partial charge in [0, 0.05) is 34.3 Å². The molecule has 3 unspecified atom stereocenters. The fourth-order valence-corrected chi connectivity index (χ4v) is 8.12. The largest absolute Gasteiger partial charge is 0.490 e. The summed E-state index contributed by atoms with van der Waals surface area (Å²) in [6, 6.07) is 39.3. The summed E-state index contributed by atoms with van der Waals surface area (Å²) < 4.78 is 18.7. The Hall–Kier alpha value is -4.83. The van der Waals surface area contributed by atoms with Crippen molar-refractivity contribution in [2.75, 3.05) is 0 Å². The molecule has 0 saturated carbocycles. The van der Waals surface area contributed by atoms with Crippen molar-refractivity contribution in [3.05, 3.63) is 159 Å². The van der Waals surface area contributed by atoms with Gasteiger partial charge in [-0.25, -0.2) is 0 Å². The highest BCUT2D eigenvalue weighted by molar-refractivity contribution is 5.73. The second-order valence-electron chi connectivity index (χ2n) is 14.2. The highest BCUT2D eigenvalue weighted by Gasteiger charge is 2.44. The van der Waals surface area contributed by atoms with Crippen molar-refractivity contribution in [3.8, 4) is 17.2 Å². The first-order valence-corrected chi connectivity index (χ1v) is 17.8. The molecule has 2 bridgehead atoms. The molecule has 0 radical (unpaired) electrons. The van der Waals surface area contributed by atoms with E-state index in [2.05, 4.69) is 144 Å². The van der Waals surface area contributed by atoms with E-state index >= 15 is 0 Å².